The van der Waals surface area contributed by atoms with Gasteiger partial charge in [0.05, 0.1) is 28.9 Å². The van der Waals surface area contributed by atoms with E-state index in [9.17, 15) is 41.9 Å². The number of pyridine rings is 1. The Kier molecular flexibility index (Phi) is 11.9. The van der Waals surface area contributed by atoms with Crippen molar-refractivity contribution < 1.29 is 60.5 Å². The number of methoxy groups -OCH3 is 1. The predicted molar refractivity (Wildman–Crippen MR) is 250 cm³/mol. The highest BCUT2D eigenvalue weighted by Gasteiger charge is 2.47. The van der Waals surface area contributed by atoms with Gasteiger partial charge in [-0.1, -0.05) is 0 Å². The van der Waals surface area contributed by atoms with E-state index in [4.69, 9.17) is 14.2 Å². The molecular weight excluding hydrogens is 949 g/mol. The highest BCUT2D eigenvalue weighted by Crippen LogP contribution is 2.43. The molecule has 0 radical (unpaired) electrons. The summed E-state index contributed by atoms with van der Waals surface area (Å²) in [6.07, 6.45) is -1.60. The van der Waals surface area contributed by atoms with Crippen molar-refractivity contribution in [3.05, 3.63) is 111 Å². The van der Waals surface area contributed by atoms with Crippen molar-refractivity contribution in [2.75, 3.05) is 50.1 Å². The van der Waals surface area contributed by atoms with Gasteiger partial charge in [0.25, 0.3) is 17.7 Å². The molecule has 5 amide bonds. The van der Waals surface area contributed by atoms with Gasteiger partial charge in [0.1, 0.15) is 23.7 Å². The fourth-order valence-electron chi connectivity index (χ4n) is 9.94. The molecule has 372 valence electrons. The summed E-state index contributed by atoms with van der Waals surface area (Å²) < 4.78 is 77.2. The minimum absolute atomic E-state index is 0.0330. The van der Waals surface area contributed by atoms with Crippen LogP contribution in [0.25, 0.3) is 21.8 Å². The van der Waals surface area contributed by atoms with Gasteiger partial charge in [0.15, 0.2) is 29.7 Å². The summed E-state index contributed by atoms with van der Waals surface area (Å²) in [4.78, 5) is 91.7. The summed E-state index contributed by atoms with van der Waals surface area (Å²) in [7, 11) is 2.94. The summed E-state index contributed by atoms with van der Waals surface area (Å²) in [6.45, 7) is 4.19. The highest BCUT2D eigenvalue weighted by molar-refractivity contribution is 6.07. The van der Waals surface area contributed by atoms with Crippen LogP contribution in [0, 0.1) is 18.2 Å². The van der Waals surface area contributed by atoms with E-state index in [0.29, 0.717) is 42.5 Å². The Morgan fingerprint density at radius 3 is 2.42 bits per heavy atom. The fourth-order valence-corrected chi connectivity index (χ4v) is 9.94. The second-order valence-electron chi connectivity index (χ2n) is 18.2. The summed E-state index contributed by atoms with van der Waals surface area (Å²) in [5, 5.41) is 4.93. The molecule has 3 saturated heterocycles. The number of aromatic nitrogens is 3. The summed E-state index contributed by atoms with van der Waals surface area (Å²) in [5.74, 6) is -3.58. The third-order valence-corrected chi connectivity index (χ3v) is 13.9. The number of hydrogen-bond acceptors (Lipinski definition) is 13. The van der Waals surface area contributed by atoms with Crippen LogP contribution in [0.15, 0.2) is 77.9 Å². The van der Waals surface area contributed by atoms with Gasteiger partial charge in [0, 0.05) is 86.4 Å². The van der Waals surface area contributed by atoms with E-state index in [1.807, 2.05) is 12.1 Å². The number of hydrogen-bond donors (Lipinski definition) is 2. The molecule has 3 fully saturated rings. The van der Waals surface area contributed by atoms with Crippen molar-refractivity contribution in [3.63, 3.8) is 0 Å². The van der Waals surface area contributed by atoms with E-state index in [1.165, 1.54) is 61.1 Å². The Balaban J connectivity index is 0.744. The Morgan fingerprint density at radius 2 is 1.69 bits per heavy atom. The van der Waals surface area contributed by atoms with E-state index in [2.05, 4.69) is 30.2 Å². The molecule has 4 aliphatic heterocycles. The van der Waals surface area contributed by atoms with Gasteiger partial charge in [-0.15, -0.1) is 13.2 Å². The molecule has 18 nitrogen and oxygen atoms in total. The zero-order chi connectivity index (χ0) is 50.8. The summed E-state index contributed by atoms with van der Waals surface area (Å²) in [6, 6.07) is 14.9. The number of imide groups is 1. The number of alkyl halides is 3. The minimum Gasteiger partial charge on any atom is -0.493 e. The fraction of sp³-hybridized carbons (Fsp3) is 0.320. The number of nitrogens with zero attached hydrogens (tertiary/aromatic N) is 6. The van der Waals surface area contributed by atoms with E-state index in [0.717, 1.165) is 55.4 Å². The van der Waals surface area contributed by atoms with Gasteiger partial charge in [-0.2, -0.15) is 0 Å². The van der Waals surface area contributed by atoms with Crippen LogP contribution in [0.3, 0.4) is 0 Å². The maximum absolute atomic E-state index is 15.6. The molecule has 1 atom stereocenters. The van der Waals surface area contributed by atoms with Crippen LogP contribution in [0.5, 0.6) is 28.9 Å². The van der Waals surface area contributed by atoms with Crippen molar-refractivity contribution in [2.45, 2.75) is 51.6 Å². The first-order chi connectivity index (χ1) is 34.4. The molecule has 4 aliphatic rings. The number of carbonyl (C=O) groups is 5. The van der Waals surface area contributed by atoms with Crippen LogP contribution < -0.4 is 39.9 Å². The highest BCUT2D eigenvalue weighted by atomic mass is 19.4. The number of anilines is 2. The maximum Gasteiger partial charge on any atom is 0.573 e. The molecule has 6 heterocycles. The number of nitrogens with one attached hydrogen (secondary N) is 2. The molecule has 4 aromatic carbocycles. The third-order valence-electron chi connectivity index (χ3n) is 13.9. The Bertz CT molecular complexity index is 3330. The number of benzene rings is 4. The van der Waals surface area contributed by atoms with E-state index in [1.54, 1.807) is 17.0 Å². The monoisotopic (exact) mass is 992 g/mol. The molecule has 0 aliphatic carbocycles. The number of carbonyl (C=O) groups excluding carboxylic acids is 5. The van der Waals surface area contributed by atoms with Gasteiger partial charge in [-0.05, 0) is 86.3 Å². The van der Waals surface area contributed by atoms with Gasteiger partial charge in [-0.25, -0.2) is 14.4 Å². The van der Waals surface area contributed by atoms with Crippen LogP contribution in [0.1, 0.15) is 57.7 Å². The van der Waals surface area contributed by atoms with Crippen molar-refractivity contribution in [1.29, 1.82) is 0 Å². The molecule has 2 N–H and O–H groups in total. The lowest BCUT2D eigenvalue weighted by Crippen LogP contribution is -2.62. The van der Waals surface area contributed by atoms with Crippen LogP contribution in [0.4, 0.5) is 28.9 Å². The third kappa shape index (κ3) is 8.91. The number of aryl methyl sites for hydroxylation is 1. The average Bonchev–Trinajstić information content (AvgIpc) is 3.66. The molecule has 22 heteroatoms. The first kappa shape index (κ1) is 47.4. The van der Waals surface area contributed by atoms with Crippen molar-refractivity contribution in [3.8, 4) is 28.9 Å². The van der Waals surface area contributed by atoms with Gasteiger partial charge in [-0.3, -0.25) is 34.1 Å². The second-order valence-corrected chi connectivity index (χ2v) is 18.2. The van der Waals surface area contributed by atoms with E-state index >= 15 is 4.39 Å². The molecule has 0 saturated carbocycles. The number of rotatable bonds is 11. The molecular formula is C50H44F4N8O10. The van der Waals surface area contributed by atoms with Gasteiger partial charge in [0.2, 0.25) is 23.1 Å². The van der Waals surface area contributed by atoms with Crippen LogP contribution >= 0.6 is 0 Å². The Labute approximate surface area is 406 Å². The second kappa shape index (κ2) is 18.1. The molecule has 2 aromatic heterocycles. The Morgan fingerprint density at radius 1 is 0.917 bits per heavy atom. The minimum atomic E-state index is -5.00. The number of amides is 5. The molecule has 10 rings (SSSR count). The number of fused-ring (bicyclic) bond motifs is 3. The van der Waals surface area contributed by atoms with Crippen LogP contribution in [-0.4, -0.2) is 106 Å². The molecule has 0 bridgehead atoms. The lowest BCUT2D eigenvalue weighted by molar-refractivity contribution is -0.274. The molecule has 1 spiro atoms. The standard InChI is InChI=1S/C50H44F4N8O10/c1-26-43(44(65)33-18-30(72-50(52,53)54)6-8-36(33)59(26)2)46(67)57-28-4-10-38(34(51)17-28)71-47-32-19-39(69-3)40(20-35(32)55-25-56-47)70-22-42(64)61-23-49(24-61)12-14-60(15-13-49)29-5-7-31-27(16-29)21-62(48(31)68)37-9-11-41(63)58-45(37)66/h4-8,10,16-20,25,37H,9,11-15,21-24H2,1-3H3,(H,57,67)(H,58,63,66). The zero-order valence-corrected chi connectivity index (χ0v) is 38.9. The van der Waals surface area contributed by atoms with Crippen LogP contribution in [-0.2, 0) is 28.0 Å². The van der Waals surface area contributed by atoms with Crippen molar-refractivity contribution >= 4 is 62.7 Å². The quantitative estimate of drug-likeness (QED) is 0.111. The average molecular weight is 993 g/mol. The largest absolute Gasteiger partial charge is 0.573 e. The number of halogens is 4. The number of likely N-dealkylation sites (tertiary alicyclic amines) is 1. The SMILES string of the molecule is COc1cc2c(Oc3ccc(NC(=O)c4c(C)n(C)c5ccc(OC(F)(F)F)cc5c4=O)cc3F)ncnc2cc1OCC(=O)N1CC2(CCN(c3ccc4c(c3)CN(C3CCC(=O)NC3=O)C4=O)CC2)C1. The normalized spacial score (nSPS) is 17.5. The predicted octanol–water partition coefficient (Wildman–Crippen LogP) is 6.15. The summed E-state index contributed by atoms with van der Waals surface area (Å²) in [5.41, 5.74) is 1.87. The summed E-state index contributed by atoms with van der Waals surface area (Å²) >= 11 is 0. The van der Waals surface area contributed by atoms with E-state index in [-0.39, 0.29) is 87.1 Å². The first-order valence-corrected chi connectivity index (χ1v) is 22.8. The molecule has 6 aromatic rings. The van der Waals surface area contributed by atoms with Gasteiger partial charge >= 0.3 is 6.36 Å². The first-order valence-electron chi connectivity index (χ1n) is 22.8. The Hall–Kier alpha value is -8.30. The van der Waals surface area contributed by atoms with E-state index < -0.39 is 41.2 Å². The lowest BCUT2D eigenvalue weighted by Gasteiger charge is -2.54. The molecule has 1 unspecified atom stereocenters. The van der Waals surface area contributed by atoms with Gasteiger partial charge < -0.3 is 43.5 Å². The number of piperidine rings is 2. The zero-order valence-electron chi connectivity index (χ0n) is 38.9. The lowest BCUT2D eigenvalue weighted by atomic mass is 9.72. The van der Waals surface area contributed by atoms with Crippen molar-refractivity contribution in [1.82, 2.24) is 29.7 Å². The number of ether oxygens (including phenoxy) is 4. The molecule has 72 heavy (non-hydrogen) atoms. The van der Waals surface area contributed by atoms with Crippen LogP contribution in [0.2, 0.25) is 0 Å². The maximum atomic E-state index is 15.6. The topological polar surface area (TPSA) is 204 Å². The van der Waals surface area contributed by atoms with Crippen molar-refractivity contribution in [2.24, 2.45) is 12.5 Å². The smallest absolute Gasteiger partial charge is 0.493 e.